The summed E-state index contributed by atoms with van der Waals surface area (Å²) in [6, 6.07) is 0. The molecule has 0 aromatic carbocycles. The lowest BCUT2D eigenvalue weighted by Crippen LogP contribution is -2.38. The van der Waals surface area contributed by atoms with E-state index in [1.165, 1.54) is 0 Å². The summed E-state index contributed by atoms with van der Waals surface area (Å²) in [6.45, 7) is 11.8. The molecule has 0 saturated heterocycles. The van der Waals surface area contributed by atoms with E-state index in [-0.39, 0.29) is 0 Å². The predicted octanol–water partition coefficient (Wildman–Crippen LogP) is 2.19. The normalized spacial score (nSPS) is 11.4. The molecular weight excluding hydrogens is 292 g/mol. The standard InChI is InChI=1S/C17H30N4O2/c1-6-18-17(19-9-8-10-23-7-2)21-12-15-14(4)16(22-5)13(3)11-20-15/h11H,6-10,12H2,1-5H3,(H2,18,19,21). The maximum absolute atomic E-state index is 5.44. The van der Waals surface area contributed by atoms with E-state index in [1.54, 1.807) is 7.11 Å². The number of aliphatic imine (C=N–C) groups is 1. The fourth-order valence-corrected chi connectivity index (χ4v) is 2.25. The van der Waals surface area contributed by atoms with Crippen molar-refractivity contribution in [3.63, 3.8) is 0 Å². The van der Waals surface area contributed by atoms with Crippen molar-refractivity contribution in [3.05, 3.63) is 23.0 Å². The van der Waals surface area contributed by atoms with Gasteiger partial charge < -0.3 is 20.1 Å². The fourth-order valence-electron chi connectivity index (χ4n) is 2.25. The van der Waals surface area contributed by atoms with Gasteiger partial charge >= 0.3 is 0 Å². The highest BCUT2D eigenvalue weighted by Crippen LogP contribution is 2.24. The molecule has 130 valence electrons. The zero-order valence-corrected chi connectivity index (χ0v) is 15.0. The summed E-state index contributed by atoms with van der Waals surface area (Å²) >= 11 is 0. The number of aromatic nitrogens is 1. The summed E-state index contributed by atoms with van der Waals surface area (Å²) in [6.07, 6.45) is 2.78. The van der Waals surface area contributed by atoms with Crippen molar-refractivity contribution in [1.82, 2.24) is 15.6 Å². The van der Waals surface area contributed by atoms with Crippen LogP contribution < -0.4 is 15.4 Å². The van der Waals surface area contributed by atoms with Gasteiger partial charge in [0.05, 0.1) is 19.3 Å². The lowest BCUT2D eigenvalue weighted by molar-refractivity contribution is 0.145. The van der Waals surface area contributed by atoms with Crippen LogP contribution >= 0.6 is 0 Å². The van der Waals surface area contributed by atoms with Gasteiger partial charge in [0, 0.05) is 43.6 Å². The molecule has 0 fully saturated rings. The first-order valence-corrected chi connectivity index (χ1v) is 8.22. The van der Waals surface area contributed by atoms with E-state index < -0.39 is 0 Å². The second-order valence-corrected chi connectivity index (χ2v) is 5.22. The van der Waals surface area contributed by atoms with E-state index in [2.05, 4.69) is 27.5 Å². The van der Waals surface area contributed by atoms with Gasteiger partial charge in [0.2, 0.25) is 0 Å². The van der Waals surface area contributed by atoms with Crippen molar-refractivity contribution in [2.24, 2.45) is 4.99 Å². The van der Waals surface area contributed by atoms with Crippen LogP contribution in [0.25, 0.3) is 0 Å². The maximum Gasteiger partial charge on any atom is 0.191 e. The summed E-state index contributed by atoms with van der Waals surface area (Å²) in [5, 5.41) is 6.55. The Bertz CT molecular complexity index is 504. The van der Waals surface area contributed by atoms with Crippen LogP contribution in [0, 0.1) is 13.8 Å². The van der Waals surface area contributed by atoms with Crippen LogP contribution in [-0.2, 0) is 11.3 Å². The summed E-state index contributed by atoms with van der Waals surface area (Å²) in [5.41, 5.74) is 3.01. The molecule has 23 heavy (non-hydrogen) atoms. The van der Waals surface area contributed by atoms with Gasteiger partial charge in [-0.25, -0.2) is 4.99 Å². The molecule has 0 aliphatic rings. The van der Waals surface area contributed by atoms with Gasteiger partial charge in [-0.05, 0) is 34.1 Å². The van der Waals surface area contributed by atoms with Gasteiger partial charge in [0.15, 0.2) is 5.96 Å². The zero-order valence-electron chi connectivity index (χ0n) is 15.0. The second kappa shape index (κ2) is 10.8. The first-order chi connectivity index (χ1) is 11.1. The van der Waals surface area contributed by atoms with Gasteiger partial charge in [-0.1, -0.05) is 0 Å². The molecule has 1 aromatic heterocycles. The smallest absolute Gasteiger partial charge is 0.191 e. The van der Waals surface area contributed by atoms with Crippen molar-refractivity contribution in [2.45, 2.75) is 40.7 Å². The highest BCUT2D eigenvalue weighted by Gasteiger charge is 2.09. The Morgan fingerprint density at radius 2 is 2.04 bits per heavy atom. The first kappa shape index (κ1) is 19.2. The molecule has 1 rings (SSSR count). The Balaban J connectivity index is 2.66. The Morgan fingerprint density at radius 1 is 1.26 bits per heavy atom. The lowest BCUT2D eigenvalue weighted by atomic mass is 10.1. The summed E-state index contributed by atoms with van der Waals surface area (Å²) in [5.74, 6) is 1.68. The van der Waals surface area contributed by atoms with Gasteiger partial charge in [-0.15, -0.1) is 0 Å². The molecule has 1 aromatic rings. The molecule has 0 saturated carbocycles. The van der Waals surface area contributed by atoms with E-state index in [9.17, 15) is 0 Å². The van der Waals surface area contributed by atoms with Crippen LogP contribution in [0.15, 0.2) is 11.2 Å². The second-order valence-electron chi connectivity index (χ2n) is 5.22. The van der Waals surface area contributed by atoms with Gasteiger partial charge in [-0.2, -0.15) is 0 Å². The molecular formula is C17H30N4O2. The Morgan fingerprint density at radius 3 is 2.70 bits per heavy atom. The summed E-state index contributed by atoms with van der Waals surface area (Å²) < 4.78 is 10.8. The number of aryl methyl sites for hydroxylation is 1. The number of nitrogens with one attached hydrogen (secondary N) is 2. The van der Waals surface area contributed by atoms with E-state index in [4.69, 9.17) is 9.47 Å². The average molecular weight is 322 g/mol. The average Bonchev–Trinajstić information content (AvgIpc) is 2.54. The predicted molar refractivity (Wildman–Crippen MR) is 94.2 cm³/mol. The molecule has 0 aliphatic carbocycles. The molecule has 1 heterocycles. The topological polar surface area (TPSA) is 67.8 Å². The Hall–Kier alpha value is -1.82. The summed E-state index contributed by atoms with van der Waals surface area (Å²) in [4.78, 5) is 9.08. The molecule has 0 amide bonds. The molecule has 0 atom stereocenters. The SMILES string of the molecule is CCNC(=NCc1ncc(C)c(OC)c1C)NCCCOCC. The van der Waals surface area contributed by atoms with E-state index in [0.29, 0.717) is 6.54 Å². The van der Waals surface area contributed by atoms with E-state index >= 15 is 0 Å². The Kier molecular flexibility index (Phi) is 9.05. The van der Waals surface area contributed by atoms with Crippen LogP contribution in [-0.4, -0.2) is 44.4 Å². The first-order valence-electron chi connectivity index (χ1n) is 8.22. The third kappa shape index (κ3) is 6.44. The van der Waals surface area contributed by atoms with Crippen LogP contribution in [0.4, 0.5) is 0 Å². The van der Waals surface area contributed by atoms with Crippen molar-refractivity contribution < 1.29 is 9.47 Å². The Labute approximate surface area is 139 Å². The van der Waals surface area contributed by atoms with E-state index in [0.717, 1.165) is 61.3 Å². The molecule has 2 N–H and O–H groups in total. The van der Waals surface area contributed by atoms with Gasteiger partial charge in [-0.3, -0.25) is 4.98 Å². The highest BCUT2D eigenvalue weighted by molar-refractivity contribution is 5.79. The van der Waals surface area contributed by atoms with Crippen LogP contribution in [0.2, 0.25) is 0 Å². The number of hydrogen-bond acceptors (Lipinski definition) is 4. The molecule has 0 spiro atoms. The third-order valence-electron chi connectivity index (χ3n) is 3.44. The quantitative estimate of drug-likeness (QED) is 0.414. The van der Waals surface area contributed by atoms with Crippen LogP contribution in [0.1, 0.15) is 37.1 Å². The lowest BCUT2D eigenvalue weighted by Gasteiger charge is -2.13. The number of pyridine rings is 1. The van der Waals surface area contributed by atoms with Crippen molar-refractivity contribution >= 4 is 5.96 Å². The number of hydrogen-bond donors (Lipinski definition) is 2. The minimum absolute atomic E-state index is 0.517. The number of ether oxygens (including phenoxy) is 2. The number of rotatable bonds is 9. The van der Waals surface area contributed by atoms with Crippen LogP contribution in [0.3, 0.4) is 0 Å². The molecule has 0 unspecified atom stereocenters. The minimum Gasteiger partial charge on any atom is -0.496 e. The van der Waals surface area contributed by atoms with E-state index in [1.807, 2.05) is 27.0 Å². The third-order valence-corrected chi connectivity index (χ3v) is 3.44. The van der Waals surface area contributed by atoms with Crippen molar-refractivity contribution in [3.8, 4) is 5.75 Å². The number of nitrogens with zero attached hydrogens (tertiary/aromatic N) is 2. The molecule has 0 bridgehead atoms. The monoisotopic (exact) mass is 322 g/mol. The highest BCUT2D eigenvalue weighted by atomic mass is 16.5. The summed E-state index contributed by atoms with van der Waals surface area (Å²) in [7, 11) is 1.69. The fraction of sp³-hybridized carbons (Fsp3) is 0.647. The molecule has 0 radical (unpaired) electrons. The molecule has 0 aliphatic heterocycles. The van der Waals surface area contributed by atoms with Crippen molar-refractivity contribution in [1.29, 1.82) is 0 Å². The van der Waals surface area contributed by atoms with Gasteiger partial charge in [0.25, 0.3) is 0 Å². The minimum atomic E-state index is 0.517. The zero-order chi connectivity index (χ0) is 17.1. The van der Waals surface area contributed by atoms with Gasteiger partial charge in [0.1, 0.15) is 5.75 Å². The molecule has 6 heteroatoms. The number of methoxy groups -OCH3 is 1. The van der Waals surface area contributed by atoms with Crippen molar-refractivity contribution in [2.75, 3.05) is 33.4 Å². The molecule has 6 nitrogen and oxygen atoms in total. The maximum atomic E-state index is 5.44. The van der Waals surface area contributed by atoms with Crippen LogP contribution in [0.5, 0.6) is 5.75 Å². The number of guanidine groups is 1. The largest absolute Gasteiger partial charge is 0.496 e.